The maximum Gasteiger partial charge on any atom is 0.240 e. The fourth-order valence-electron chi connectivity index (χ4n) is 1.63. The third kappa shape index (κ3) is 5.39. The van der Waals surface area contributed by atoms with Gasteiger partial charge in [-0.05, 0) is 46.5 Å². The van der Waals surface area contributed by atoms with E-state index < -0.39 is 10.0 Å². The third-order valence-electron chi connectivity index (χ3n) is 2.51. The summed E-state index contributed by atoms with van der Waals surface area (Å²) in [7, 11) is -3.55. The highest BCUT2D eigenvalue weighted by Crippen LogP contribution is 2.25. The van der Waals surface area contributed by atoms with E-state index in [1.165, 1.54) is 18.2 Å². The van der Waals surface area contributed by atoms with Crippen LogP contribution in [0.25, 0.3) is 0 Å². The highest BCUT2D eigenvalue weighted by molar-refractivity contribution is 9.10. The van der Waals surface area contributed by atoms with E-state index in [-0.39, 0.29) is 17.5 Å². The largest absolute Gasteiger partial charge is 0.327 e. The number of nitrogens with one attached hydrogen (secondary N) is 1. The molecule has 1 aromatic carbocycles. The Labute approximate surface area is 127 Å². The van der Waals surface area contributed by atoms with Crippen LogP contribution in [0.1, 0.15) is 20.3 Å². The summed E-state index contributed by atoms with van der Waals surface area (Å²) in [5.41, 5.74) is 5.86. The molecule has 0 spiro atoms. The van der Waals surface area contributed by atoms with Crippen LogP contribution in [0.2, 0.25) is 5.02 Å². The monoisotopic (exact) mass is 368 g/mol. The first-order valence-corrected chi connectivity index (χ1v) is 8.58. The highest BCUT2D eigenvalue weighted by atomic mass is 79.9. The lowest BCUT2D eigenvalue weighted by atomic mass is 10.1. The molecular weight excluding hydrogens is 352 g/mol. The van der Waals surface area contributed by atoms with Crippen molar-refractivity contribution in [2.75, 3.05) is 6.54 Å². The molecule has 0 aliphatic heterocycles. The van der Waals surface area contributed by atoms with E-state index >= 15 is 0 Å². The number of hydrogen-bond donors (Lipinski definition) is 2. The van der Waals surface area contributed by atoms with Gasteiger partial charge in [0.2, 0.25) is 10.0 Å². The maximum atomic E-state index is 12.1. The van der Waals surface area contributed by atoms with E-state index in [1.807, 2.05) is 13.8 Å². The van der Waals surface area contributed by atoms with E-state index in [1.54, 1.807) is 0 Å². The number of rotatable bonds is 6. The summed E-state index contributed by atoms with van der Waals surface area (Å²) in [6.45, 7) is 4.32. The molecule has 0 saturated carbocycles. The lowest BCUT2D eigenvalue weighted by Gasteiger charge is -2.15. The lowest BCUT2D eigenvalue weighted by molar-refractivity contribution is 0.486. The van der Waals surface area contributed by atoms with E-state index in [0.717, 1.165) is 6.42 Å². The van der Waals surface area contributed by atoms with Gasteiger partial charge in [0.1, 0.15) is 0 Å². The summed E-state index contributed by atoms with van der Waals surface area (Å²) < 4.78 is 27.2. The summed E-state index contributed by atoms with van der Waals surface area (Å²) >= 11 is 9.04. The average molecular weight is 370 g/mol. The van der Waals surface area contributed by atoms with E-state index in [0.29, 0.717) is 15.4 Å². The molecule has 1 unspecified atom stereocenters. The SMILES string of the molecule is CC(C)CC(N)CNS(=O)(=O)c1ccc(Cl)c(Br)c1. The van der Waals surface area contributed by atoms with Crippen molar-refractivity contribution in [2.24, 2.45) is 11.7 Å². The zero-order chi connectivity index (χ0) is 14.6. The molecule has 108 valence electrons. The van der Waals surface area contributed by atoms with Crippen LogP contribution in [0.4, 0.5) is 0 Å². The zero-order valence-corrected chi connectivity index (χ0v) is 14.0. The molecule has 7 heteroatoms. The molecule has 4 nitrogen and oxygen atoms in total. The summed E-state index contributed by atoms with van der Waals surface area (Å²) in [5, 5.41) is 0.468. The van der Waals surface area contributed by atoms with E-state index in [2.05, 4.69) is 20.7 Å². The van der Waals surface area contributed by atoms with Crippen LogP contribution in [-0.4, -0.2) is 21.0 Å². The summed E-state index contributed by atoms with van der Waals surface area (Å²) in [5.74, 6) is 0.434. The van der Waals surface area contributed by atoms with Gasteiger partial charge in [-0.1, -0.05) is 25.4 Å². The van der Waals surface area contributed by atoms with Gasteiger partial charge in [0.15, 0.2) is 0 Å². The molecule has 0 saturated heterocycles. The highest BCUT2D eigenvalue weighted by Gasteiger charge is 2.16. The minimum absolute atomic E-state index is 0.167. The summed E-state index contributed by atoms with van der Waals surface area (Å²) in [6, 6.07) is 4.28. The zero-order valence-electron chi connectivity index (χ0n) is 10.9. The van der Waals surface area contributed by atoms with Gasteiger partial charge in [0.25, 0.3) is 0 Å². The Kier molecular flexibility index (Phi) is 6.26. The Bertz CT molecular complexity index is 535. The van der Waals surface area contributed by atoms with Crippen LogP contribution in [-0.2, 0) is 10.0 Å². The number of hydrogen-bond acceptors (Lipinski definition) is 3. The molecule has 0 bridgehead atoms. The fraction of sp³-hybridized carbons (Fsp3) is 0.500. The summed E-state index contributed by atoms with van der Waals surface area (Å²) in [6.07, 6.45) is 0.771. The number of benzene rings is 1. The topological polar surface area (TPSA) is 72.2 Å². The maximum absolute atomic E-state index is 12.1. The van der Waals surface area contributed by atoms with Crippen molar-refractivity contribution in [1.29, 1.82) is 0 Å². The Morgan fingerprint density at radius 1 is 1.42 bits per heavy atom. The van der Waals surface area contributed by atoms with Crippen molar-refractivity contribution in [3.05, 3.63) is 27.7 Å². The predicted octanol–water partition coefficient (Wildman–Crippen LogP) is 2.75. The van der Waals surface area contributed by atoms with Gasteiger partial charge in [0, 0.05) is 17.1 Å². The first kappa shape index (κ1) is 16.9. The van der Waals surface area contributed by atoms with Crippen molar-refractivity contribution in [1.82, 2.24) is 4.72 Å². The number of sulfonamides is 1. The molecule has 1 atom stereocenters. The molecule has 0 fully saturated rings. The Hall–Kier alpha value is -0.140. The Morgan fingerprint density at radius 3 is 2.58 bits per heavy atom. The van der Waals surface area contributed by atoms with Gasteiger partial charge >= 0.3 is 0 Å². The van der Waals surface area contributed by atoms with Crippen molar-refractivity contribution in [3.8, 4) is 0 Å². The molecule has 19 heavy (non-hydrogen) atoms. The van der Waals surface area contributed by atoms with Gasteiger partial charge in [-0.15, -0.1) is 0 Å². The first-order valence-electron chi connectivity index (χ1n) is 5.92. The molecule has 0 aromatic heterocycles. The second-order valence-corrected chi connectivity index (χ2v) is 7.85. The first-order chi connectivity index (χ1) is 8.72. The van der Waals surface area contributed by atoms with Crippen molar-refractivity contribution < 1.29 is 8.42 Å². The van der Waals surface area contributed by atoms with Crippen molar-refractivity contribution >= 4 is 37.6 Å². The minimum atomic E-state index is -3.55. The molecule has 0 aliphatic carbocycles. The fourth-order valence-corrected chi connectivity index (χ4v) is 3.40. The average Bonchev–Trinajstić information content (AvgIpc) is 2.29. The van der Waals surface area contributed by atoms with Crippen LogP contribution in [0, 0.1) is 5.92 Å². The van der Waals surface area contributed by atoms with E-state index in [9.17, 15) is 8.42 Å². The van der Waals surface area contributed by atoms with Crippen molar-refractivity contribution in [2.45, 2.75) is 31.2 Å². The second-order valence-electron chi connectivity index (χ2n) is 4.82. The van der Waals surface area contributed by atoms with Crippen LogP contribution < -0.4 is 10.5 Å². The smallest absolute Gasteiger partial charge is 0.240 e. The molecule has 0 radical (unpaired) electrons. The van der Waals surface area contributed by atoms with Gasteiger partial charge in [-0.2, -0.15) is 0 Å². The Balaban J connectivity index is 2.73. The van der Waals surface area contributed by atoms with Crippen LogP contribution in [0.15, 0.2) is 27.6 Å². The third-order valence-corrected chi connectivity index (χ3v) is 5.15. The van der Waals surface area contributed by atoms with Crippen molar-refractivity contribution in [3.63, 3.8) is 0 Å². The van der Waals surface area contributed by atoms with Crippen LogP contribution in [0.3, 0.4) is 0 Å². The molecule has 0 heterocycles. The molecule has 0 aliphatic rings. The lowest BCUT2D eigenvalue weighted by Crippen LogP contribution is -2.37. The van der Waals surface area contributed by atoms with Gasteiger partial charge in [-0.3, -0.25) is 0 Å². The number of halogens is 2. The Morgan fingerprint density at radius 2 is 2.05 bits per heavy atom. The van der Waals surface area contributed by atoms with Crippen LogP contribution >= 0.6 is 27.5 Å². The second kappa shape index (κ2) is 7.04. The minimum Gasteiger partial charge on any atom is -0.327 e. The van der Waals surface area contributed by atoms with Crippen LogP contribution in [0.5, 0.6) is 0 Å². The quantitative estimate of drug-likeness (QED) is 0.810. The normalized spacial score (nSPS) is 13.8. The van der Waals surface area contributed by atoms with Gasteiger partial charge < -0.3 is 5.73 Å². The molecule has 0 amide bonds. The van der Waals surface area contributed by atoms with Gasteiger partial charge in [-0.25, -0.2) is 13.1 Å². The predicted molar refractivity (Wildman–Crippen MR) is 81.8 cm³/mol. The molecule has 3 N–H and O–H groups in total. The van der Waals surface area contributed by atoms with E-state index in [4.69, 9.17) is 17.3 Å². The number of nitrogens with two attached hydrogens (primary N) is 1. The standard InChI is InChI=1S/C12H18BrClN2O2S/c1-8(2)5-9(15)7-16-19(17,18)10-3-4-12(14)11(13)6-10/h3-4,6,8-9,16H,5,7,15H2,1-2H3. The summed E-state index contributed by atoms with van der Waals surface area (Å²) in [4.78, 5) is 0.167. The molecule has 1 rings (SSSR count). The molecular formula is C12H18BrClN2O2S. The molecule has 1 aromatic rings. The van der Waals surface area contributed by atoms with Gasteiger partial charge in [0.05, 0.1) is 9.92 Å².